The van der Waals surface area contributed by atoms with Gasteiger partial charge in [0.05, 0.1) is 0 Å². The molecule has 1 unspecified atom stereocenters. The number of benzene rings is 1. The van der Waals surface area contributed by atoms with Crippen LogP contribution < -0.4 is 5.73 Å². The lowest BCUT2D eigenvalue weighted by Crippen LogP contribution is -2.12. The first-order valence-electron chi connectivity index (χ1n) is 4.39. The number of halogens is 2. The van der Waals surface area contributed by atoms with Crippen LogP contribution in [0.4, 0.5) is 0 Å². The van der Waals surface area contributed by atoms with E-state index in [1.165, 1.54) is 22.0 Å². The number of hydrogen-bond acceptors (Lipinski definition) is 1. The summed E-state index contributed by atoms with van der Waals surface area (Å²) >= 11 is 5.81. The molecule has 0 spiro atoms. The summed E-state index contributed by atoms with van der Waals surface area (Å²) < 4.78 is 2.39. The first-order valence-corrected chi connectivity index (χ1v) is 6.26. The third-order valence-electron chi connectivity index (χ3n) is 2.46. The van der Waals surface area contributed by atoms with Gasteiger partial charge in [0.1, 0.15) is 0 Å². The Hall–Kier alpha value is 0.390. The average Bonchev–Trinajstić information content (AvgIpc) is 2.91. The standard InChI is InChI=1S/C10H11BrIN/c11-8-4-3-7(5-9(8)12)10(13)6-1-2-6/h3-6,10H,1-2,13H2. The van der Waals surface area contributed by atoms with Crippen LogP contribution in [0.5, 0.6) is 0 Å². The summed E-state index contributed by atoms with van der Waals surface area (Å²) in [6, 6.07) is 6.63. The predicted molar refractivity (Wildman–Crippen MR) is 66.5 cm³/mol. The van der Waals surface area contributed by atoms with Crippen LogP contribution in [0.25, 0.3) is 0 Å². The predicted octanol–water partition coefficient (Wildman–Crippen LogP) is 3.46. The Bertz CT molecular complexity index is 323. The molecule has 0 bridgehead atoms. The Morgan fingerprint density at radius 1 is 1.46 bits per heavy atom. The van der Waals surface area contributed by atoms with Crippen LogP contribution in [0.3, 0.4) is 0 Å². The second-order valence-electron chi connectivity index (χ2n) is 3.54. The first kappa shape index (κ1) is 9.93. The summed E-state index contributed by atoms with van der Waals surface area (Å²) in [7, 11) is 0. The SMILES string of the molecule is NC(c1ccc(Br)c(I)c1)C1CC1. The maximum atomic E-state index is 6.10. The summed E-state index contributed by atoms with van der Waals surface area (Å²) in [5.41, 5.74) is 7.37. The van der Waals surface area contributed by atoms with Crippen LogP contribution in [0, 0.1) is 9.49 Å². The van der Waals surface area contributed by atoms with Crippen LogP contribution in [0.15, 0.2) is 22.7 Å². The zero-order valence-corrected chi connectivity index (χ0v) is 10.9. The topological polar surface area (TPSA) is 26.0 Å². The number of hydrogen-bond donors (Lipinski definition) is 1. The summed E-state index contributed by atoms with van der Waals surface area (Å²) in [6.45, 7) is 0. The summed E-state index contributed by atoms with van der Waals surface area (Å²) in [5, 5.41) is 0. The van der Waals surface area contributed by atoms with Gasteiger partial charge in [0.25, 0.3) is 0 Å². The fourth-order valence-electron chi connectivity index (χ4n) is 1.45. The Morgan fingerprint density at radius 2 is 2.15 bits per heavy atom. The molecule has 0 aromatic heterocycles. The maximum Gasteiger partial charge on any atom is 0.0323 e. The monoisotopic (exact) mass is 351 g/mol. The van der Waals surface area contributed by atoms with Crippen LogP contribution in [-0.2, 0) is 0 Å². The van der Waals surface area contributed by atoms with Gasteiger partial charge in [-0.15, -0.1) is 0 Å². The quantitative estimate of drug-likeness (QED) is 0.811. The maximum absolute atomic E-state index is 6.10. The van der Waals surface area contributed by atoms with Crippen molar-refractivity contribution < 1.29 is 0 Å². The van der Waals surface area contributed by atoms with E-state index < -0.39 is 0 Å². The molecule has 3 heteroatoms. The van der Waals surface area contributed by atoms with Gasteiger partial charge < -0.3 is 5.73 Å². The largest absolute Gasteiger partial charge is 0.324 e. The van der Waals surface area contributed by atoms with E-state index in [1.54, 1.807) is 0 Å². The lowest BCUT2D eigenvalue weighted by Gasteiger charge is -2.11. The van der Waals surface area contributed by atoms with Crippen LogP contribution >= 0.6 is 38.5 Å². The van der Waals surface area contributed by atoms with Gasteiger partial charge in [-0.2, -0.15) is 0 Å². The Balaban J connectivity index is 2.24. The highest BCUT2D eigenvalue weighted by atomic mass is 127. The normalized spacial score (nSPS) is 18.7. The highest BCUT2D eigenvalue weighted by molar-refractivity contribution is 14.1. The van der Waals surface area contributed by atoms with E-state index in [1.807, 2.05) is 0 Å². The van der Waals surface area contributed by atoms with Crippen molar-refractivity contribution in [3.63, 3.8) is 0 Å². The molecule has 1 saturated carbocycles. The van der Waals surface area contributed by atoms with Crippen molar-refractivity contribution >= 4 is 38.5 Å². The number of nitrogens with two attached hydrogens (primary N) is 1. The lowest BCUT2D eigenvalue weighted by molar-refractivity contribution is 0.633. The van der Waals surface area contributed by atoms with Gasteiger partial charge >= 0.3 is 0 Å². The lowest BCUT2D eigenvalue weighted by atomic mass is 10.0. The zero-order valence-electron chi connectivity index (χ0n) is 7.13. The molecule has 0 aliphatic heterocycles. The van der Waals surface area contributed by atoms with Gasteiger partial charge in [0, 0.05) is 14.1 Å². The van der Waals surface area contributed by atoms with Gasteiger partial charge in [-0.1, -0.05) is 6.07 Å². The van der Waals surface area contributed by atoms with Gasteiger partial charge in [-0.05, 0) is 75.0 Å². The molecule has 1 fully saturated rings. The van der Waals surface area contributed by atoms with Crippen molar-refractivity contribution in [1.82, 2.24) is 0 Å². The zero-order chi connectivity index (χ0) is 9.42. The third kappa shape index (κ3) is 2.25. The molecule has 0 amide bonds. The van der Waals surface area contributed by atoms with E-state index in [9.17, 15) is 0 Å². The van der Waals surface area contributed by atoms with E-state index in [-0.39, 0.29) is 6.04 Å². The van der Waals surface area contributed by atoms with Crippen molar-refractivity contribution in [2.75, 3.05) is 0 Å². The number of rotatable bonds is 2. The molecular weight excluding hydrogens is 341 g/mol. The summed E-state index contributed by atoms with van der Waals surface area (Å²) in [4.78, 5) is 0. The van der Waals surface area contributed by atoms with Crippen LogP contribution in [0.1, 0.15) is 24.4 Å². The highest BCUT2D eigenvalue weighted by Gasteiger charge is 2.29. The van der Waals surface area contributed by atoms with Gasteiger partial charge in [-0.25, -0.2) is 0 Å². The fourth-order valence-corrected chi connectivity index (χ4v) is 2.23. The minimum atomic E-state index is 0.251. The Morgan fingerprint density at radius 3 is 2.69 bits per heavy atom. The van der Waals surface area contributed by atoms with E-state index in [0.717, 1.165) is 10.4 Å². The third-order valence-corrected chi connectivity index (χ3v) is 4.78. The van der Waals surface area contributed by atoms with E-state index in [2.05, 4.69) is 56.7 Å². The van der Waals surface area contributed by atoms with Gasteiger partial charge in [0.15, 0.2) is 0 Å². The molecule has 1 nitrogen and oxygen atoms in total. The molecule has 1 aromatic rings. The van der Waals surface area contributed by atoms with Crippen molar-refractivity contribution in [3.8, 4) is 0 Å². The molecule has 70 valence electrons. The molecule has 0 heterocycles. The molecule has 1 aliphatic carbocycles. The van der Waals surface area contributed by atoms with E-state index in [4.69, 9.17) is 5.73 Å². The minimum absolute atomic E-state index is 0.251. The van der Waals surface area contributed by atoms with Gasteiger partial charge in [0.2, 0.25) is 0 Å². The molecule has 0 saturated heterocycles. The van der Waals surface area contributed by atoms with Crippen molar-refractivity contribution in [2.24, 2.45) is 11.7 Å². The molecule has 1 aromatic carbocycles. The summed E-state index contributed by atoms with van der Waals surface area (Å²) in [5.74, 6) is 0.733. The van der Waals surface area contributed by atoms with E-state index >= 15 is 0 Å². The molecule has 1 atom stereocenters. The second-order valence-corrected chi connectivity index (χ2v) is 5.55. The molecule has 13 heavy (non-hydrogen) atoms. The Labute approximate surface area is 100 Å². The molecule has 1 aliphatic rings. The van der Waals surface area contributed by atoms with Crippen LogP contribution in [-0.4, -0.2) is 0 Å². The Kier molecular flexibility index (Phi) is 2.95. The van der Waals surface area contributed by atoms with Crippen molar-refractivity contribution in [1.29, 1.82) is 0 Å². The molecule has 2 N–H and O–H groups in total. The second kappa shape index (κ2) is 3.87. The molecule has 2 rings (SSSR count). The highest BCUT2D eigenvalue weighted by Crippen LogP contribution is 2.40. The minimum Gasteiger partial charge on any atom is -0.324 e. The van der Waals surface area contributed by atoms with Crippen LogP contribution in [0.2, 0.25) is 0 Å². The smallest absolute Gasteiger partial charge is 0.0323 e. The fraction of sp³-hybridized carbons (Fsp3) is 0.400. The first-order chi connectivity index (χ1) is 6.18. The molecular formula is C10H11BrIN. The summed E-state index contributed by atoms with van der Waals surface area (Å²) in [6.07, 6.45) is 2.60. The molecule has 0 radical (unpaired) electrons. The van der Waals surface area contributed by atoms with Crippen molar-refractivity contribution in [3.05, 3.63) is 31.8 Å². The van der Waals surface area contributed by atoms with E-state index in [0.29, 0.717) is 0 Å². The average molecular weight is 352 g/mol. The van der Waals surface area contributed by atoms with Gasteiger partial charge in [-0.3, -0.25) is 0 Å². The van der Waals surface area contributed by atoms with Crippen molar-refractivity contribution in [2.45, 2.75) is 18.9 Å².